The Kier molecular flexibility index (Phi) is 4.89. The molecule has 1 nitrogen and oxygen atoms in total. The number of benzene rings is 1. The lowest BCUT2D eigenvalue weighted by Crippen LogP contribution is -2.28. The first-order valence-electron chi connectivity index (χ1n) is 6.69. The van der Waals surface area contributed by atoms with E-state index in [1.807, 2.05) is 6.92 Å². The van der Waals surface area contributed by atoms with Crippen LogP contribution in [0.4, 0.5) is 8.78 Å². The van der Waals surface area contributed by atoms with Crippen LogP contribution in [0.25, 0.3) is 0 Å². The lowest BCUT2D eigenvalue weighted by molar-refractivity contribution is 0.499. The van der Waals surface area contributed by atoms with Crippen LogP contribution in [0.5, 0.6) is 0 Å². The number of hydrogen-bond acceptors (Lipinski definition) is 2. The molecule has 20 heavy (non-hydrogen) atoms. The second-order valence-corrected chi connectivity index (χ2v) is 6.59. The molecule has 0 bridgehead atoms. The Hall–Kier alpha value is -1.26. The normalized spacial score (nSPS) is 12.7. The average Bonchev–Trinajstić information content (AvgIpc) is 2.70. The van der Waals surface area contributed by atoms with Crippen molar-refractivity contribution >= 4 is 11.3 Å². The monoisotopic (exact) mass is 295 g/mol. The fourth-order valence-corrected chi connectivity index (χ4v) is 3.20. The van der Waals surface area contributed by atoms with Gasteiger partial charge in [-0.3, -0.25) is 0 Å². The highest BCUT2D eigenvalue weighted by molar-refractivity contribution is 7.12. The van der Waals surface area contributed by atoms with Crippen molar-refractivity contribution in [1.29, 1.82) is 0 Å². The van der Waals surface area contributed by atoms with Gasteiger partial charge in [0.1, 0.15) is 11.6 Å². The predicted molar refractivity (Wildman–Crippen MR) is 80.2 cm³/mol. The number of hydrogen-bond donors (Lipinski definition) is 1. The smallest absolute Gasteiger partial charge is 0.129 e. The molecule has 0 radical (unpaired) electrons. The third-order valence-electron chi connectivity index (χ3n) is 3.36. The summed E-state index contributed by atoms with van der Waals surface area (Å²) >= 11 is 1.77. The highest BCUT2D eigenvalue weighted by Crippen LogP contribution is 2.20. The summed E-state index contributed by atoms with van der Waals surface area (Å²) in [5.41, 5.74) is 1.42. The third-order valence-corrected chi connectivity index (χ3v) is 4.36. The van der Waals surface area contributed by atoms with Crippen LogP contribution in [0.1, 0.15) is 27.8 Å². The zero-order valence-electron chi connectivity index (χ0n) is 12.0. The number of halogens is 2. The van der Waals surface area contributed by atoms with Gasteiger partial charge in [0, 0.05) is 27.9 Å². The largest absolute Gasteiger partial charge is 0.310 e. The van der Waals surface area contributed by atoms with E-state index in [0.717, 1.165) is 6.54 Å². The van der Waals surface area contributed by atoms with Crippen molar-refractivity contribution in [2.45, 2.75) is 39.8 Å². The summed E-state index contributed by atoms with van der Waals surface area (Å²) in [6, 6.07) is 6.17. The first-order chi connectivity index (χ1) is 9.47. The molecule has 4 heteroatoms. The van der Waals surface area contributed by atoms with E-state index in [-0.39, 0.29) is 11.6 Å². The quantitative estimate of drug-likeness (QED) is 0.864. The molecule has 2 rings (SSSR count). The molecule has 0 saturated carbocycles. The van der Waals surface area contributed by atoms with Crippen LogP contribution >= 0.6 is 11.3 Å². The summed E-state index contributed by atoms with van der Waals surface area (Å²) in [6.07, 6.45) is 0.348. The van der Waals surface area contributed by atoms with E-state index in [1.165, 1.54) is 33.5 Å². The minimum atomic E-state index is -0.471. The van der Waals surface area contributed by atoms with E-state index in [2.05, 4.69) is 25.2 Å². The van der Waals surface area contributed by atoms with Gasteiger partial charge in [-0.2, -0.15) is 0 Å². The summed E-state index contributed by atoms with van der Waals surface area (Å²) < 4.78 is 27.2. The molecule has 1 aromatic carbocycles. The molecular weight excluding hydrogens is 276 g/mol. The average molecular weight is 295 g/mol. The maximum atomic E-state index is 13.6. The van der Waals surface area contributed by atoms with Crippen molar-refractivity contribution in [3.63, 3.8) is 0 Å². The highest BCUT2D eigenvalue weighted by Gasteiger charge is 2.12. The van der Waals surface area contributed by atoms with Crippen LogP contribution in [0.2, 0.25) is 0 Å². The summed E-state index contributed by atoms with van der Waals surface area (Å²) in [5, 5.41) is 3.33. The molecule has 108 valence electrons. The second kappa shape index (κ2) is 6.46. The molecule has 1 unspecified atom stereocenters. The summed E-state index contributed by atoms with van der Waals surface area (Å²) in [6.45, 7) is 6.85. The first-order valence-corrected chi connectivity index (χ1v) is 7.51. The Labute approximate surface area is 122 Å². The van der Waals surface area contributed by atoms with Crippen LogP contribution < -0.4 is 5.32 Å². The molecule has 0 aliphatic carbocycles. The van der Waals surface area contributed by atoms with E-state index in [1.54, 1.807) is 11.3 Å². The minimum Gasteiger partial charge on any atom is -0.310 e. The van der Waals surface area contributed by atoms with E-state index in [9.17, 15) is 8.78 Å². The maximum absolute atomic E-state index is 13.6. The van der Waals surface area contributed by atoms with Crippen LogP contribution in [0.15, 0.2) is 24.3 Å². The van der Waals surface area contributed by atoms with E-state index < -0.39 is 11.6 Å². The molecule has 0 aliphatic rings. The van der Waals surface area contributed by atoms with Crippen molar-refractivity contribution < 1.29 is 8.78 Å². The van der Waals surface area contributed by atoms with Gasteiger partial charge in [-0.15, -0.1) is 11.3 Å². The highest BCUT2D eigenvalue weighted by atomic mass is 32.1. The standard InChI is InChI=1S/C16H19F2NS/c1-10(7-14-15(17)5-4-6-16(14)18)19-9-13-8-11(2)20-12(13)3/h4-6,8,10,19H,7,9H2,1-3H3. The van der Waals surface area contributed by atoms with Gasteiger partial charge in [-0.05, 0) is 51.0 Å². The molecule has 0 fully saturated rings. The van der Waals surface area contributed by atoms with Crippen molar-refractivity contribution in [1.82, 2.24) is 5.32 Å². The van der Waals surface area contributed by atoms with Crippen LogP contribution in [0, 0.1) is 25.5 Å². The topological polar surface area (TPSA) is 12.0 Å². The zero-order valence-corrected chi connectivity index (χ0v) is 12.8. The Balaban J connectivity index is 1.96. The summed E-state index contributed by atoms with van der Waals surface area (Å²) in [4.78, 5) is 2.58. The predicted octanol–water partition coefficient (Wildman–Crippen LogP) is 4.36. The molecule has 0 saturated heterocycles. The van der Waals surface area contributed by atoms with Gasteiger partial charge in [-0.1, -0.05) is 6.07 Å². The van der Waals surface area contributed by atoms with Crippen molar-refractivity contribution in [3.8, 4) is 0 Å². The fraction of sp³-hybridized carbons (Fsp3) is 0.375. The molecule has 1 aromatic heterocycles. The lowest BCUT2D eigenvalue weighted by Gasteiger charge is -2.15. The van der Waals surface area contributed by atoms with Gasteiger partial charge in [-0.25, -0.2) is 8.78 Å². The number of rotatable bonds is 5. The first kappa shape index (κ1) is 15.1. The van der Waals surface area contributed by atoms with Gasteiger partial charge in [0.05, 0.1) is 0 Å². The second-order valence-electron chi connectivity index (χ2n) is 5.12. The van der Waals surface area contributed by atoms with Crippen LogP contribution in [0.3, 0.4) is 0 Å². The molecule has 1 heterocycles. The van der Waals surface area contributed by atoms with Gasteiger partial charge in [0.2, 0.25) is 0 Å². The van der Waals surface area contributed by atoms with E-state index in [0.29, 0.717) is 6.42 Å². The fourth-order valence-electron chi connectivity index (χ4n) is 2.25. The number of aryl methyl sites for hydroxylation is 2. The molecule has 0 amide bonds. The zero-order chi connectivity index (χ0) is 14.7. The summed E-state index contributed by atoms with van der Waals surface area (Å²) in [7, 11) is 0. The molecule has 1 atom stereocenters. The van der Waals surface area contributed by atoms with Crippen molar-refractivity contribution in [3.05, 3.63) is 56.8 Å². The minimum absolute atomic E-state index is 0.0148. The van der Waals surface area contributed by atoms with E-state index >= 15 is 0 Å². The Morgan fingerprint density at radius 1 is 1.20 bits per heavy atom. The van der Waals surface area contributed by atoms with Gasteiger partial charge in [0.25, 0.3) is 0 Å². The number of thiophene rings is 1. The molecule has 0 spiro atoms. The number of nitrogens with one attached hydrogen (secondary N) is 1. The SMILES string of the molecule is Cc1cc(CNC(C)Cc2c(F)cccc2F)c(C)s1. The molecular formula is C16H19F2NS. The van der Waals surface area contributed by atoms with Gasteiger partial charge >= 0.3 is 0 Å². The van der Waals surface area contributed by atoms with Crippen molar-refractivity contribution in [2.24, 2.45) is 0 Å². The van der Waals surface area contributed by atoms with Crippen molar-refractivity contribution in [2.75, 3.05) is 0 Å². The lowest BCUT2D eigenvalue weighted by atomic mass is 10.1. The molecule has 0 aliphatic heterocycles. The Morgan fingerprint density at radius 3 is 2.40 bits per heavy atom. The summed E-state index contributed by atoms with van der Waals surface area (Å²) in [5.74, 6) is -0.942. The third kappa shape index (κ3) is 3.64. The molecule has 2 aromatic rings. The van der Waals surface area contributed by atoms with E-state index in [4.69, 9.17) is 0 Å². The van der Waals surface area contributed by atoms with Gasteiger partial charge < -0.3 is 5.32 Å². The Bertz CT molecular complexity index is 572. The Morgan fingerprint density at radius 2 is 1.85 bits per heavy atom. The van der Waals surface area contributed by atoms with Gasteiger partial charge in [0.15, 0.2) is 0 Å². The van der Waals surface area contributed by atoms with Crippen LogP contribution in [-0.4, -0.2) is 6.04 Å². The molecule has 1 N–H and O–H groups in total. The van der Waals surface area contributed by atoms with Crippen LogP contribution in [-0.2, 0) is 13.0 Å². The maximum Gasteiger partial charge on any atom is 0.129 e.